The van der Waals surface area contributed by atoms with Crippen molar-refractivity contribution in [1.82, 2.24) is 0 Å². The number of ether oxygens (including phenoxy) is 1. The van der Waals surface area contributed by atoms with Gasteiger partial charge in [0.15, 0.2) is 0 Å². The minimum atomic E-state index is -4.41. The van der Waals surface area contributed by atoms with Crippen LogP contribution in [0.3, 0.4) is 0 Å². The molecule has 0 aliphatic heterocycles. The molecule has 0 aliphatic carbocycles. The Labute approximate surface area is 183 Å². The van der Waals surface area contributed by atoms with Gasteiger partial charge in [0.05, 0.1) is 5.56 Å². The Bertz CT molecular complexity index is 1200. The first-order valence-electron chi connectivity index (χ1n) is 9.81. The minimum absolute atomic E-state index is 0.358. The molecule has 0 saturated carbocycles. The molecule has 4 aromatic rings. The Hall–Kier alpha value is -4.06. The molecule has 0 heterocycles. The molecule has 0 fully saturated rings. The monoisotopic (exact) mass is 433 g/mol. The lowest BCUT2D eigenvalue weighted by Gasteiger charge is -2.12. The predicted molar refractivity (Wildman–Crippen MR) is 118 cm³/mol. The molecule has 160 valence electrons. The molecular weight excluding hydrogens is 415 g/mol. The number of para-hydroxylation sites is 1. The van der Waals surface area contributed by atoms with Crippen LogP contribution in [0, 0.1) is 0 Å². The molecule has 0 aliphatic rings. The van der Waals surface area contributed by atoms with Crippen molar-refractivity contribution in [3.05, 3.63) is 114 Å². The smallest absolute Gasteiger partial charge is 0.416 e. The molecule has 0 bridgehead atoms. The fourth-order valence-electron chi connectivity index (χ4n) is 3.20. The fourth-order valence-corrected chi connectivity index (χ4v) is 3.20. The lowest BCUT2D eigenvalue weighted by molar-refractivity contribution is -0.137. The number of alkyl halides is 3. The Morgan fingerprint density at radius 2 is 1.28 bits per heavy atom. The van der Waals surface area contributed by atoms with Crippen LogP contribution in [0.1, 0.15) is 15.9 Å². The molecule has 3 nitrogen and oxygen atoms in total. The number of benzene rings is 4. The third-order valence-electron chi connectivity index (χ3n) is 4.79. The summed E-state index contributed by atoms with van der Waals surface area (Å²) in [5.41, 5.74) is 1.26. The molecular formula is C26H18F3NO2. The van der Waals surface area contributed by atoms with Crippen LogP contribution < -0.4 is 10.1 Å². The van der Waals surface area contributed by atoms with Crippen LogP contribution in [0.2, 0.25) is 0 Å². The van der Waals surface area contributed by atoms with E-state index in [2.05, 4.69) is 5.32 Å². The van der Waals surface area contributed by atoms with Crippen molar-refractivity contribution in [2.45, 2.75) is 6.18 Å². The van der Waals surface area contributed by atoms with Gasteiger partial charge in [-0.3, -0.25) is 4.79 Å². The van der Waals surface area contributed by atoms with E-state index in [1.807, 2.05) is 30.3 Å². The molecule has 4 rings (SSSR count). The second-order valence-corrected chi connectivity index (χ2v) is 7.01. The highest BCUT2D eigenvalue weighted by Gasteiger charge is 2.30. The summed E-state index contributed by atoms with van der Waals surface area (Å²) in [5, 5.41) is 2.82. The number of hydrogen-bond acceptors (Lipinski definition) is 2. The third-order valence-corrected chi connectivity index (χ3v) is 4.79. The number of carbonyl (C=O) groups is 1. The van der Waals surface area contributed by atoms with Crippen LogP contribution in [0.5, 0.6) is 11.5 Å². The van der Waals surface area contributed by atoms with E-state index >= 15 is 0 Å². The summed E-state index contributed by atoms with van der Waals surface area (Å²) in [6.07, 6.45) is -4.41. The molecule has 0 spiro atoms. The maximum atomic E-state index is 12.9. The van der Waals surface area contributed by atoms with Gasteiger partial charge in [0, 0.05) is 11.3 Å². The van der Waals surface area contributed by atoms with Crippen LogP contribution in [0.25, 0.3) is 11.1 Å². The number of nitrogens with one attached hydrogen (secondary N) is 1. The molecule has 0 aromatic heterocycles. The molecule has 0 saturated heterocycles. The van der Waals surface area contributed by atoms with Gasteiger partial charge in [0.1, 0.15) is 11.5 Å². The normalized spacial score (nSPS) is 11.1. The van der Waals surface area contributed by atoms with E-state index < -0.39 is 11.7 Å². The van der Waals surface area contributed by atoms with Crippen LogP contribution in [0.4, 0.5) is 18.9 Å². The third kappa shape index (κ3) is 4.98. The van der Waals surface area contributed by atoms with E-state index in [0.29, 0.717) is 33.9 Å². The first-order valence-corrected chi connectivity index (χ1v) is 9.81. The topological polar surface area (TPSA) is 38.3 Å². The second-order valence-electron chi connectivity index (χ2n) is 7.01. The van der Waals surface area contributed by atoms with Gasteiger partial charge in [-0.25, -0.2) is 0 Å². The van der Waals surface area contributed by atoms with Crippen LogP contribution in [-0.2, 0) is 6.18 Å². The van der Waals surface area contributed by atoms with E-state index in [9.17, 15) is 18.0 Å². The van der Waals surface area contributed by atoms with Crippen molar-refractivity contribution in [1.29, 1.82) is 0 Å². The maximum Gasteiger partial charge on any atom is 0.416 e. The lowest BCUT2D eigenvalue weighted by Crippen LogP contribution is -2.13. The SMILES string of the molecule is O=C(Nc1ccc(Oc2ccccc2)cc1)c1ccccc1-c1ccc(C(F)(F)F)cc1. The first-order chi connectivity index (χ1) is 15.4. The molecule has 0 atom stereocenters. The van der Waals surface area contributed by atoms with Crippen LogP contribution in [-0.4, -0.2) is 5.91 Å². The van der Waals surface area contributed by atoms with E-state index in [-0.39, 0.29) is 5.91 Å². The van der Waals surface area contributed by atoms with Gasteiger partial charge >= 0.3 is 6.18 Å². The van der Waals surface area contributed by atoms with Crippen molar-refractivity contribution in [2.24, 2.45) is 0 Å². The number of hydrogen-bond donors (Lipinski definition) is 1. The van der Waals surface area contributed by atoms with E-state index in [4.69, 9.17) is 4.74 Å². The van der Waals surface area contributed by atoms with E-state index in [1.165, 1.54) is 12.1 Å². The summed E-state index contributed by atoms with van der Waals surface area (Å²) in [7, 11) is 0. The average Bonchev–Trinajstić information content (AvgIpc) is 2.80. The van der Waals surface area contributed by atoms with Gasteiger partial charge in [-0.15, -0.1) is 0 Å². The fraction of sp³-hybridized carbons (Fsp3) is 0.0385. The highest BCUT2D eigenvalue weighted by molar-refractivity contribution is 6.08. The predicted octanol–water partition coefficient (Wildman–Crippen LogP) is 7.42. The van der Waals surface area contributed by atoms with Gasteiger partial charge in [0.2, 0.25) is 0 Å². The van der Waals surface area contributed by atoms with Crippen molar-refractivity contribution >= 4 is 11.6 Å². The van der Waals surface area contributed by atoms with Gasteiger partial charge in [0.25, 0.3) is 5.91 Å². The molecule has 4 aromatic carbocycles. The standard InChI is InChI=1S/C26H18F3NO2/c27-26(28,29)19-12-10-18(11-13-19)23-8-4-5-9-24(23)25(31)30-20-14-16-22(17-15-20)32-21-6-2-1-3-7-21/h1-17H,(H,30,31). The molecule has 0 radical (unpaired) electrons. The maximum absolute atomic E-state index is 12.9. The highest BCUT2D eigenvalue weighted by atomic mass is 19.4. The van der Waals surface area contributed by atoms with Gasteiger partial charge in [-0.1, -0.05) is 48.5 Å². The summed E-state index contributed by atoms with van der Waals surface area (Å²) in [6.45, 7) is 0. The minimum Gasteiger partial charge on any atom is -0.457 e. The van der Waals surface area contributed by atoms with Crippen LogP contribution >= 0.6 is 0 Å². The molecule has 6 heteroatoms. The number of rotatable bonds is 5. The zero-order chi connectivity index (χ0) is 22.6. The largest absolute Gasteiger partial charge is 0.457 e. The van der Waals surface area contributed by atoms with Crippen LogP contribution in [0.15, 0.2) is 103 Å². The first kappa shape index (κ1) is 21.2. The number of anilines is 1. The Morgan fingerprint density at radius 3 is 1.94 bits per heavy atom. The molecule has 0 unspecified atom stereocenters. The summed E-state index contributed by atoms with van der Waals surface area (Å²) in [6, 6.07) is 27.8. The lowest BCUT2D eigenvalue weighted by atomic mass is 9.98. The summed E-state index contributed by atoms with van der Waals surface area (Å²) in [4.78, 5) is 12.9. The van der Waals surface area contributed by atoms with Gasteiger partial charge in [-0.2, -0.15) is 13.2 Å². The van der Waals surface area contributed by atoms with Gasteiger partial charge < -0.3 is 10.1 Å². The van der Waals surface area contributed by atoms with E-state index in [1.54, 1.807) is 48.5 Å². The molecule has 32 heavy (non-hydrogen) atoms. The van der Waals surface area contributed by atoms with Crippen molar-refractivity contribution in [3.63, 3.8) is 0 Å². The van der Waals surface area contributed by atoms with Gasteiger partial charge in [-0.05, 0) is 65.7 Å². The molecule has 1 N–H and O–H groups in total. The highest BCUT2D eigenvalue weighted by Crippen LogP contribution is 2.32. The average molecular weight is 433 g/mol. The zero-order valence-corrected chi connectivity index (χ0v) is 16.8. The summed E-state index contributed by atoms with van der Waals surface area (Å²) >= 11 is 0. The van der Waals surface area contributed by atoms with E-state index in [0.717, 1.165) is 12.1 Å². The number of amides is 1. The number of halogens is 3. The summed E-state index contributed by atoms with van der Waals surface area (Å²) in [5.74, 6) is 0.964. The quantitative estimate of drug-likeness (QED) is 0.356. The van der Waals surface area contributed by atoms with Crippen molar-refractivity contribution < 1.29 is 22.7 Å². The second kappa shape index (κ2) is 8.98. The summed E-state index contributed by atoms with van der Waals surface area (Å²) < 4.78 is 44.3. The van der Waals surface area contributed by atoms with Crippen molar-refractivity contribution in [2.75, 3.05) is 5.32 Å². The number of carbonyl (C=O) groups excluding carboxylic acids is 1. The zero-order valence-electron chi connectivity index (χ0n) is 16.8. The Morgan fingerprint density at radius 1 is 0.688 bits per heavy atom. The Kier molecular flexibility index (Phi) is 5.94. The molecule has 1 amide bonds. The van der Waals surface area contributed by atoms with Crippen molar-refractivity contribution in [3.8, 4) is 22.6 Å². The Balaban J connectivity index is 1.51.